The number of alkyl carbamates (subject to hydrolysis) is 1. The topological polar surface area (TPSA) is 73.9 Å². The molecule has 39 heavy (non-hydrogen) atoms. The van der Waals surface area contributed by atoms with Crippen LogP contribution in [0.3, 0.4) is 0 Å². The lowest BCUT2D eigenvalue weighted by molar-refractivity contribution is 0.00578. The number of amides is 1. The van der Waals surface area contributed by atoms with Gasteiger partial charge in [0.25, 0.3) is 0 Å². The van der Waals surface area contributed by atoms with Crippen LogP contribution in [0.5, 0.6) is 0 Å². The maximum absolute atomic E-state index is 12.9. The first-order valence-corrected chi connectivity index (χ1v) is 13.3. The van der Waals surface area contributed by atoms with Crippen LogP contribution in [0.25, 0.3) is 17.2 Å². The van der Waals surface area contributed by atoms with E-state index in [0.29, 0.717) is 5.56 Å². The number of Topliss-reactive ketones (excluding diaryl/α,β-unsaturated/α-hetero) is 1. The number of fused-ring (bicyclic) bond motifs is 3. The van der Waals surface area contributed by atoms with Crippen molar-refractivity contribution in [3.05, 3.63) is 101 Å². The van der Waals surface area contributed by atoms with Crippen molar-refractivity contribution < 1.29 is 23.6 Å². The van der Waals surface area contributed by atoms with Crippen LogP contribution in [-0.2, 0) is 14.0 Å². The largest absolute Gasteiger partial charge is 0.492 e. The highest BCUT2D eigenvalue weighted by Gasteiger charge is 2.52. The predicted molar refractivity (Wildman–Crippen MR) is 154 cm³/mol. The van der Waals surface area contributed by atoms with Crippen LogP contribution >= 0.6 is 0 Å². The molecule has 1 fully saturated rings. The van der Waals surface area contributed by atoms with Crippen molar-refractivity contribution in [1.29, 1.82) is 0 Å². The molecule has 200 valence electrons. The molecule has 0 unspecified atom stereocenters. The lowest BCUT2D eigenvalue weighted by Crippen LogP contribution is -2.41. The van der Waals surface area contributed by atoms with Gasteiger partial charge in [0.2, 0.25) is 0 Å². The molecule has 1 aliphatic carbocycles. The Bertz CT molecular complexity index is 1360. The van der Waals surface area contributed by atoms with E-state index in [9.17, 15) is 9.59 Å². The Hall–Kier alpha value is -3.68. The van der Waals surface area contributed by atoms with Gasteiger partial charge in [-0.25, -0.2) is 4.79 Å². The smallest absolute Gasteiger partial charge is 0.449 e. The molecule has 0 bridgehead atoms. The standard InChI is InChI=1S/C32H34BNO5/c1-21(35)23-16-14-22(15-17-23)18-24(33-38-31(2,3)32(4,5)39-33)19-34-30(36)37-20-29-27-12-8-6-10-25(27)26-11-7-9-13-28(26)29/h6-18,29H,19-20H2,1-5H3,(H,34,36). The van der Waals surface area contributed by atoms with Gasteiger partial charge in [-0.1, -0.05) is 78.9 Å². The van der Waals surface area contributed by atoms with E-state index in [2.05, 4.69) is 29.6 Å². The highest BCUT2D eigenvalue weighted by atomic mass is 16.7. The van der Waals surface area contributed by atoms with Gasteiger partial charge in [0, 0.05) is 18.0 Å². The predicted octanol–water partition coefficient (Wildman–Crippen LogP) is 6.44. The highest BCUT2D eigenvalue weighted by Crippen LogP contribution is 2.44. The number of carbonyl (C=O) groups is 2. The Morgan fingerprint density at radius 3 is 1.95 bits per heavy atom. The van der Waals surface area contributed by atoms with Crippen LogP contribution in [0, 0.1) is 0 Å². The molecule has 1 aliphatic heterocycles. The van der Waals surface area contributed by atoms with Crippen LogP contribution in [0.4, 0.5) is 4.79 Å². The normalized spacial score (nSPS) is 17.5. The quantitative estimate of drug-likeness (QED) is 0.285. The summed E-state index contributed by atoms with van der Waals surface area (Å²) >= 11 is 0. The third kappa shape index (κ3) is 5.42. The van der Waals surface area contributed by atoms with Crippen molar-refractivity contribution in [2.24, 2.45) is 0 Å². The molecule has 6 nitrogen and oxygen atoms in total. The summed E-state index contributed by atoms with van der Waals surface area (Å²) in [4.78, 5) is 24.6. The van der Waals surface area contributed by atoms with Gasteiger partial charge in [0.15, 0.2) is 5.78 Å². The van der Waals surface area contributed by atoms with E-state index in [1.54, 1.807) is 19.1 Å². The second-order valence-electron chi connectivity index (χ2n) is 11.2. The van der Waals surface area contributed by atoms with E-state index in [4.69, 9.17) is 14.0 Å². The van der Waals surface area contributed by atoms with Crippen molar-refractivity contribution in [2.75, 3.05) is 13.2 Å². The minimum atomic E-state index is -0.642. The zero-order valence-corrected chi connectivity index (χ0v) is 23.1. The number of hydrogen-bond donors (Lipinski definition) is 1. The molecule has 0 aromatic heterocycles. The first kappa shape index (κ1) is 26.9. The van der Waals surface area contributed by atoms with Gasteiger partial charge < -0.3 is 19.4 Å². The van der Waals surface area contributed by atoms with Crippen LogP contribution in [-0.4, -0.2) is 43.3 Å². The van der Waals surface area contributed by atoms with Crippen molar-refractivity contribution in [3.8, 4) is 11.1 Å². The SMILES string of the molecule is CC(=O)c1ccc(C=C(CNC(=O)OCC2c3ccccc3-c3ccccc32)B2OC(C)(C)C(C)(C)O2)cc1. The van der Waals surface area contributed by atoms with Gasteiger partial charge in [-0.2, -0.15) is 0 Å². The second kappa shape index (κ2) is 10.5. The monoisotopic (exact) mass is 523 g/mol. The van der Waals surface area contributed by atoms with Crippen LogP contribution in [0.1, 0.15) is 67.6 Å². The Balaban J connectivity index is 1.30. The van der Waals surface area contributed by atoms with E-state index >= 15 is 0 Å². The third-order valence-corrected chi connectivity index (χ3v) is 8.01. The van der Waals surface area contributed by atoms with Crippen molar-refractivity contribution in [3.63, 3.8) is 0 Å². The Morgan fingerprint density at radius 1 is 0.872 bits per heavy atom. The summed E-state index contributed by atoms with van der Waals surface area (Å²) in [5.41, 5.74) is 5.90. The average Bonchev–Trinajstić information content (AvgIpc) is 3.34. The van der Waals surface area contributed by atoms with E-state index in [0.717, 1.165) is 11.0 Å². The van der Waals surface area contributed by atoms with Crippen molar-refractivity contribution >= 4 is 25.1 Å². The van der Waals surface area contributed by atoms with E-state index in [1.807, 2.05) is 70.2 Å². The minimum Gasteiger partial charge on any atom is -0.449 e. The minimum absolute atomic E-state index is 0.00799. The zero-order valence-electron chi connectivity index (χ0n) is 23.1. The van der Waals surface area contributed by atoms with Crippen molar-refractivity contribution in [1.82, 2.24) is 5.32 Å². The molecule has 3 aromatic rings. The zero-order chi connectivity index (χ0) is 27.8. The van der Waals surface area contributed by atoms with Crippen LogP contribution in [0.2, 0.25) is 0 Å². The maximum atomic E-state index is 12.9. The number of ether oxygens (including phenoxy) is 1. The summed E-state index contributed by atoms with van der Waals surface area (Å²) in [7, 11) is -0.642. The van der Waals surface area contributed by atoms with Gasteiger partial charge in [0.05, 0.1) is 11.2 Å². The Kier molecular flexibility index (Phi) is 7.23. The molecule has 7 heteroatoms. The molecular weight excluding hydrogens is 489 g/mol. The highest BCUT2D eigenvalue weighted by molar-refractivity contribution is 6.56. The molecule has 1 N–H and O–H groups in total. The first-order valence-electron chi connectivity index (χ1n) is 13.3. The molecule has 0 radical (unpaired) electrons. The summed E-state index contributed by atoms with van der Waals surface area (Å²) in [6.45, 7) is 9.93. The summed E-state index contributed by atoms with van der Waals surface area (Å²) < 4.78 is 18.3. The van der Waals surface area contributed by atoms with Crippen LogP contribution in [0.15, 0.2) is 78.3 Å². The number of nitrogens with one attached hydrogen (secondary N) is 1. The number of ketones is 1. The van der Waals surface area contributed by atoms with E-state index in [-0.39, 0.29) is 24.9 Å². The number of carbonyl (C=O) groups excluding carboxylic acids is 2. The number of benzene rings is 3. The molecule has 2 aliphatic rings. The fourth-order valence-electron chi connectivity index (χ4n) is 5.05. The molecule has 5 rings (SSSR count). The summed E-state index contributed by atoms with van der Waals surface area (Å²) in [5.74, 6) is -0.00492. The molecule has 1 heterocycles. The molecule has 0 atom stereocenters. The van der Waals surface area contributed by atoms with Gasteiger partial charge in [0.1, 0.15) is 6.61 Å². The second-order valence-corrected chi connectivity index (χ2v) is 11.2. The van der Waals surface area contributed by atoms with Gasteiger partial charge in [-0.05, 0) is 67.9 Å². The molecule has 1 saturated heterocycles. The van der Waals surface area contributed by atoms with Gasteiger partial charge in [-0.3, -0.25) is 4.79 Å². The summed E-state index contributed by atoms with van der Waals surface area (Å²) in [6.07, 6.45) is 1.42. The summed E-state index contributed by atoms with van der Waals surface area (Å²) in [6, 6.07) is 23.8. The van der Waals surface area contributed by atoms with Crippen LogP contribution < -0.4 is 5.32 Å². The lowest BCUT2D eigenvalue weighted by atomic mass is 9.77. The molecule has 0 saturated carbocycles. The fourth-order valence-corrected chi connectivity index (χ4v) is 5.05. The molecular formula is C32H34BNO5. The van der Waals surface area contributed by atoms with E-state index in [1.165, 1.54) is 22.3 Å². The maximum Gasteiger partial charge on any atom is 0.492 e. The van der Waals surface area contributed by atoms with Gasteiger partial charge >= 0.3 is 13.2 Å². The molecule has 0 spiro atoms. The molecule has 3 aromatic carbocycles. The third-order valence-electron chi connectivity index (χ3n) is 8.01. The fraction of sp³-hybridized carbons (Fsp3) is 0.312. The molecule has 1 amide bonds. The average molecular weight is 523 g/mol. The Morgan fingerprint density at radius 2 is 1.41 bits per heavy atom. The Labute approximate surface area is 230 Å². The number of rotatable bonds is 7. The first-order chi connectivity index (χ1) is 18.6. The summed E-state index contributed by atoms with van der Waals surface area (Å²) in [5, 5.41) is 2.89. The number of hydrogen-bond acceptors (Lipinski definition) is 5. The lowest BCUT2D eigenvalue weighted by Gasteiger charge is -2.32. The van der Waals surface area contributed by atoms with E-state index < -0.39 is 24.4 Å². The van der Waals surface area contributed by atoms with Gasteiger partial charge in [-0.15, -0.1) is 0 Å². The van der Waals surface area contributed by atoms with Crippen molar-refractivity contribution in [2.45, 2.75) is 51.7 Å².